The highest BCUT2D eigenvalue weighted by atomic mass is 16.5. The fourth-order valence-electron chi connectivity index (χ4n) is 1.38. The highest BCUT2D eigenvalue weighted by Gasteiger charge is 2.11. The van der Waals surface area contributed by atoms with Gasteiger partial charge in [0.25, 0.3) is 0 Å². The minimum atomic E-state index is -0.0663. The number of aromatic nitrogens is 1. The molecule has 0 spiro atoms. The van der Waals surface area contributed by atoms with Gasteiger partial charge in [-0.05, 0) is 5.56 Å². The first-order valence-electron chi connectivity index (χ1n) is 5.04. The number of aliphatic hydroxyl groups excluding tert-OH is 1. The van der Waals surface area contributed by atoms with Crippen molar-refractivity contribution in [2.45, 2.75) is 25.9 Å². The number of pyridine rings is 1. The third kappa shape index (κ3) is 3.49. The predicted octanol–water partition coefficient (Wildman–Crippen LogP) is 1.12. The summed E-state index contributed by atoms with van der Waals surface area (Å²) in [5.41, 5.74) is 0.965. The molecule has 0 fully saturated rings. The van der Waals surface area contributed by atoms with Gasteiger partial charge in [-0.15, -0.1) is 0 Å². The Morgan fingerprint density at radius 1 is 1.47 bits per heavy atom. The minimum absolute atomic E-state index is 0.0617. The molecule has 0 aliphatic rings. The molecule has 0 saturated heterocycles. The fourth-order valence-corrected chi connectivity index (χ4v) is 1.38. The number of hydrogen-bond donors (Lipinski definition) is 2. The Balaban J connectivity index is 2.74. The summed E-state index contributed by atoms with van der Waals surface area (Å²) in [6.45, 7) is 4.14. The van der Waals surface area contributed by atoms with E-state index < -0.39 is 0 Å². The van der Waals surface area contributed by atoms with Crippen molar-refractivity contribution in [2.24, 2.45) is 0 Å². The van der Waals surface area contributed by atoms with E-state index in [2.05, 4.69) is 10.3 Å². The lowest BCUT2D eigenvalue weighted by Gasteiger charge is -2.19. The van der Waals surface area contributed by atoms with Crippen LogP contribution in [0.2, 0.25) is 0 Å². The van der Waals surface area contributed by atoms with Gasteiger partial charge in [-0.2, -0.15) is 0 Å². The zero-order valence-corrected chi connectivity index (χ0v) is 9.40. The van der Waals surface area contributed by atoms with Crippen molar-refractivity contribution >= 4 is 0 Å². The molecule has 1 aromatic rings. The molecule has 0 aliphatic carbocycles. The highest BCUT2D eigenvalue weighted by Crippen LogP contribution is 2.14. The molecule has 0 radical (unpaired) electrons. The normalized spacial score (nSPS) is 12.9. The zero-order chi connectivity index (χ0) is 11.3. The summed E-state index contributed by atoms with van der Waals surface area (Å²) in [5, 5.41) is 12.5. The summed E-state index contributed by atoms with van der Waals surface area (Å²) in [5.74, 6) is 0.583. The SMILES string of the molecule is COc1ccc(C(CO)NC(C)C)cn1. The van der Waals surface area contributed by atoms with Crippen LogP contribution in [0.5, 0.6) is 5.88 Å². The Morgan fingerprint density at radius 3 is 2.60 bits per heavy atom. The maximum Gasteiger partial charge on any atom is 0.212 e. The Hall–Kier alpha value is -1.13. The van der Waals surface area contributed by atoms with Gasteiger partial charge in [0.2, 0.25) is 5.88 Å². The number of nitrogens with zero attached hydrogens (tertiary/aromatic N) is 1. The molecule has 0 saturated carbocycles. The van der Waals surface area contributed by atoms with Crippen LogP contribution in [0.4, 0.5) is 0 Å². The number of rotatable bonds is 5. The van der Waals surface area contributed by atoms with Gasteiger partial charge in [0.05, 0.1) is 19.8 Å². The van der Waals surface area contributed by atoms with Crippen LogP contribution in [0.25, 0.3) is 0 Å². The number of hydrogen-bond acceptors (Lipinski definition) is 4. The topological polar surface area (TPSA) is 54.4 Å². The lowest BCUT2D eigenvalue weighted by Crippen LogP contribution is -2.30. The number of ether oxygens (including phenoxy) is 1. The van der Waals surface area contributed by atoms with Crippen LogP contribution in [-0.4, -0.2) is 29.8 Å². The van der Waals surface area contributed by atoms with Crippen molar-refractivity contribution in [1.29, 1.82) is 0 Å². The molecule has 1 aromatic heterocycles. The second-order valence-corrected chi connectivity index (χ2v) is 3.69. The van der Waals surface area contributed by atoms with Crippen LogP contribution in [0, 0.1) is 0 Å². The molecule has 1 heterocycles. The summed E-state index contributed by atoms with van der Waals surface area (Å²) in [6, 6.07) is 3.95. The third-order valence-corrected chi connectivity index (χ3v) is 2.09. The number of methoxy groups -OCH3 is 1. The van der Waals surface area contributed by atoms with Crippen LogP contribution in [0.3, 0.4) is 0 Å². The molecule has 1 atom stereocenters. The van der Waals surface area contributed by atoms with Gasteiger partial charge in [0.15, 0.2) is 0 Å². The van der Waals surface area contributed by atoms with E-state index >= 15 is 0 Å². The standard InChI is InChI=1S/C11H18N2O2/c1-8(2)13-10(7-14)9-4-5-11(15-3)12-6-9/h4-6,8,10,13-14H,7H2,1-3H3. The quantitative estimate of drug-likeness (QED) is 0.764. The van der Waals surface area contributed by atoms with E-state index in [0.29, 0.717) is 11.9 Å². The largest absolute Gasteiger partial charge is 0.481 e. The lowest BCUT2D eigenvalue weighted by atomic mass is 10.1. The van der Waals surface area contributed by atoms with Crippen LogP contribution in [0.1, 0.15) is 25.5 Å². The molecule has 2 N–H and O–H groups in total. The van der Waals surface area contributed by atoms with Crippen LogP contribution < -0.4 is 10.1 Å². The first-order valence-corrected chi connectivity index (χ1v) is 5.04. The van der Waals surface area contributed by atoms with Gasteiger partial charge in [-0.25, -0.2) is 4.98 Å². The van der Waals surface area contributed by atoms with Crippen molar-refractivity contribution in [3.63, 3.8) is 0 Å². The molecule has 4 heteroatoms. The Morgan fingerprint density at radius 2 is 2.20 bits per heavy atom. The first kappa shape index (κ1) is 11.9. The third-order valence-electron chi connectivity index (χ3n) is 2.09. The van der Waals surface area contributed by atoms with Gasteiger partial charge >= 0.3 is 0 Å². The van der Waals surface area contributed by atoms with E-state index in [1.54, 1.807) is 19.4 Å². The fraction of sp³-hybridized carbons (Fsp3) is 0.545. The van der Waals surface area contributed by atoms with Crippen LogP contribution in [0.15, 0.2) is 18.3 Å². The van der Waals surface area contributed by atoms with Crippen molar-refractivity contribution in [3.05, 3.63) is 23.9 Å². The maximum absolute atomic E-state index is 9.23. The van der Waals surface area contributed by atoms with Gasteiger partial charge < -0.3 is 15.2 Å². The summed E-state index contributed by atoms with van der Waals surface area (Å²) >= 11 is 0. The average Bonchev–Trinajstić information content (AvgIpc) is 2.26. The predicted molar refractivity (Wildman–Crippen MR) is 58.9 cm³/mol. The molecule has 0 aromatic carbocycles. The van der Waals surface area contributed by atoms with E-state index in [1.165, 1.54) is 0 Å². The molecule has 1 rings (SSSR count). The van der Waals surface area contributed by atoms with Crippen molar-refractivity contribution in [2.75, 3.05) is 13.7 Å². The van der Waals surface area contributed by atoms with Gasteiger partial charge in [-0.1, -0.05) is 19.9 Å². The molecule has 4 nitrogen and oxygen atoms in total. The molecule has 0 bridgehead atoms. The van der Waals surface area contributed by atoms with E-state index in [0.717, 1.165) is 5.56 Å². The summed E-state index contributed by atoms with van der Waals surface area (Å²) in [7, 11) is 1.58. The molecule has 0 amide bonds. The maximum atomic E-state index is 9.23. The second kappa shape index (κ2) is 5.68. The Bertz CT molecular complexity index is 285. The molecular formula is C11H18N2O2. The lowest BCUT2D eigenvalue weighted by molar-refractivity contribution is 0.237. The monoisotopic (exact) mass is 210 g/mol. The summed E-state index contributed by atoms with van der Waals surface area (Å²) in [4.78, 5) is 4.10. The smallest absolute Gasteiger partial charge is 0.212 e. The molecule has 84 valence electrons. The molecule has 1 unspecified atom stereocenters. The number of nitrogens with one attached hydrogen (secondary N) is 1. The minimum Gasteiger partial charge on any atom is -0.481 e. The van der Waals surface area contributed by atoms with E-state index in [4.69, 9.17) is 4.74 Å². The average molecular weight is 210 g/mol. The van der Waals surface area contributed by atoms with Crippen molar-refractivity contribution in [3.8, 4) is 5.88 Å². The van der Waals surface area contributed by atoms with Crippen LogP contribution in [-0.2, 0) is 0 Å². The summed E-state index contributed by atoms with van der Waals surface area (Å²) in [6.07, 6.45) is 1.72. The first-order chi connectivity index (χ1) is 7.17. The Kier molecular flexibility index (Phi) is 4.52. The Labute approximate surface area is 90.3 Å². The zero-order valence-electron chi connectivity index (χ0n) is 9.40. The molecule has 15 heavy (non-hydrogen) atoms. The van der Waals surface area contributed by atoms with Crippen molar-refractivity contribution in [1.82, 2.24) is 10.3 Å². The number of aliphatic hydroxyl groups is 1. The molecule has 0 aliphatic heterocycles. The van der Waals surface area contributed by atoms with Gasteiger partial charge in [0, 0.05) is 18.3 Å². The van der Waals surface area contributed by atoms with E-state index in [-0.39, 0.29) is 12.6 Å². The van der Waals surface area contributed by atoms with Gasteiger partial charge in [0.1, 0.15) is 0 Å². The summed E-state index contributed by atoms with van der Waals surface area (Å²) < 4.78 is 4.97. The van der Waals surface area contributed by atoms with Crippen LogP contribution >= 0.6 is 0 Å². The van der Waals surface area contributed by atoms with Crippen molar-refractivity contribution < 1.29 is 9.84 Å². The van der Waals surface area contributed by atoms with Gasteiger partial charge in [-0.3, -0.25) is 0 Å². The molecular weight excluding hydrogens is 192 g/mol. The van der Waals surface area contributed by atoms with E-state index in [9.17, 15) is 5.11 Å². The highest BCUT2D eigenvalue weighted by molar-refractivity contribution is 5.20. The van der Waals surface area contributed by atoms with E-state index in [1.807, 2.05) is 19.9 Å². The second-order valence-electron chi connectivity index (χ2n) is 3.69.